The molecule has 27 heavy (non-hydrogen) atoms. The third kappa shape index (κ3) is 9.31. The Balaban J connectivity index is 2.81. The SMILES string of the molecule is CCCCC(CC)OC(=O)CN(Cc1ccc(N)cc1)C(=O)OC(C)(C)C. The summed E-state index contributed by atoms with van der Waals surface area (Å²) in [7, 11) is 0. The maximum atomic E-state index is 12.6. The van der Waals surface area contributed by atoms with E-state index in [1.54, 1.807) is 32.9 Å². The topological polar surface area (TPSA) is 81.9 Å². The zero-order valence-corrected chi connectivity index (χ0v) is 17.3. The normalized spacial score (nSPS) is 12.3. The van der Waals surface area contributed by atoms with Crippen LogP contribution in [0.25, 0.3) is 0 Å². The minimum absolute atomic E-state index is 0.116. The minimum atomic E-state index is -0.645. The van der Waals surface area contributed by atoms with E-state index in [9.17, 15) is 9.59 Å². The average Bonchev–Trinajstić information content (AvgIpc) is 2.58. The number of hydrogen-bond donors (Lipinski definition) is 1. The van der Waals surface area contributed by atoms with Gasteiger partial charge in [-0.3, -0.25) is 9.69 Å². The second-order valence-electron chi connectivity index (χ2n) is 7.74. The molecule has 1 unspecified atom stereocenters. The second kappa shape index (κ2) is 10.8. The summed E-state index contributed by atoms with van der Waals surface area (Å²) in [6.07, 6.45) is 2.99. The van der Waals surface area contributed by atoms with Crippen LogP contribution in [0, 0.1) is 0 Å². The number of nitrogens with two attached hydrogens (primary N) is 1. The second-order valence-corrected chi connectivity index (χ2v) is 7.74. The van der Waals surface area contributed by atoms with Crippen molar-refractivity contribution in [3.63, 3.8) is 0 Å². The number of carbonyl (C=O) groups is 2. The van der Waals surface area contributed by atoms with Crippen LogP contribution in [0.1, 0.15) is 65.9 Å². The molecular formula is C21H34N2O4. The molecule has 0 bridgehead atoms. The highest BCUT2D eigenvalue weighted by molar-refractivity contribution is 5.78. The van der Waals surface area contributed by atoms with E-state index in [1.807, 2.05) is 19.1 Å². The zero-order chi connectivity index (χ0) is 20.4. The van der Waals surface area contributed by atoms with Crippen molar-refractivity contribution in [3.8, 4) is 0 Å². The van der Waals surface area contributed by atoms with Gasteiger partial charge < -0.3 is 15.2 Å². The summed E-state index contributed by atoms with van der Waals surface area (Å²) in [5.41, 5.74) is 6.57. The van der Waals surface area contributed by atoms with E-state index in [-0.39, 0.29) is 19.2 Å². The molecule has 2 N–H and O–H groups in total. The van der Waals surface area contributed by atoms with Crippen LogP contribution in [0.5, 0.6) is 0 Å². The zero-order valence-electron chi connectivity index (χ0n) is 17.3. The van der Waals surface area contributed by atoms with Crippen molar-refractivity contribution in [1.82, 2.24) is 4.90 Å². The molecule has 0 aromatic heterocycles. The van der Waals surface area contributed by atoms with Gasteiger partial charge in [-0.1, -0.05) is 38.8 Å². The summed E-state index contributed by atoms with van der Waals surface area (Å²) in [6, 6.07) is 7.18. The maximum absolute atomic E-state index is 12.6. The van der Waals surface area contributed by atoms with Crippen molar-refractivity contribution < 1.29 is 19.1 Å². The molecule has 1 atom stereocenters. The smallest absolute Gasteiger partial charge is 0.411 e. The monoisotopic (exact) mass is 378 g/mol. The highest BCUT2D eigenvalue weighted by Gasteiger charge is 2.25. The van der Waals surface area contributed by atoms with Gasteiger partial charge in [0.25, 0.3) is 0 Å². The fraction of sp³-hybridized carbons (Fsp3) is 0.619. The Kier molecular flexibility index (Phi) is 9.12. The molecule has 0 radical (unpaired) electrons. The lowest BCUT2D eigenvalue weighted by molar-refractivity contribution is -0.151. The van der Waals surface area contributed by atoms with E-state index >= 15 is 0 Å². The third-order valence-corrected chi connectivity index (χ3v) is 3.96. The Morgan fingerprint density at radius 1 is 1.15 bits per heavy atom. The molecule has 0 saturated heterocycles. The molecule has 0 aliphatic rings. The van der Waals surface area contributed by atoms with Gasteiger partial charge in [0, 0.05) is 12.2 Å². The molecule has 6 nitrogen and oxygen atoms in total. The number of hydrogen-bond acceptors (Lipinski definition) is 5. The van der Waals surface area contributed by atoms with Gasteiger partial charge in [0.2, 0.25) is 0 Å². The Morgan fingerprint density at radius 2 is 1.78 bits per heavy atom. The number of benzene rings is 1. The fourth-order valence-corrected chi connectivity index (χ4v) is 2.51. The van der Waals surface area contributed by atoms with E-state index in [0.29, 0.717) is 5.69 Å². The standard InChI is InChI=1S/C21H34N2O4/c1-6-8-9-18(7-2)26-19(24)15-23(20(25)27-21(3,4)5)14-16-10-12-17(22)13-11-16/h10-13,18H,6-9,14-15,22H2,1-5H3. The lowest BCUT2D eigenvalue weighted by Crippen LogP contribution is -2.40. The van der Waals surface area contributed by atoms with Crippen molar-refractivity contribution >= 4 is 17.7 Å². The molecule has 1 aromatic rings. The summed E-state index contributed by atoms with van der Waals surface area (Å²) < 4.78 is 11.0. The minimum Gasteiger partial charge on any atom is -0.461 e. The van der Waals surface area contributed by atoms with Crippen LogP contribution in [0.4, 0.5) is 10.5 Å². The molecule has 0 aliphatic carbocycles. The maximum Gasteiger partial charge on any atom is 0.411 e. The molecule has 0 heterocycles. The predicted molar refractivity (Wildman–Crippen MR) is 107 cm³/mol. The lowest BCUT2D eigenvalue weighted by Gasteiger charge is -2.27. The molecule has 6 heteroatoms. The predicted octanol–water partition coefficient (Wildman–Crippen LogP) is 4.52. The number of amides is 1. The van der Waals surface area contributed by atoms with E-state index in [4.69, 9.17) is 15.2 Å². The van der Waals surface area contributed by atoms with Gasteiger partial charge in [-0.05, 0) is 51.3 Å². The van der Waals surface area contributed by atoms with Gasteiger partial charge in [0.05, 0.1) is 0 Å². The van der Waals surface area contributed by atoms with Crippen LogP contribution < -0.4 is 5.73 Å². The molecule has 0 spiro atoms. The van der Waals surface area contributed by atoms with Gasteiger partial charge in [0.1, 0.15) is 18.2 Å². The summed E-state index contributed by atoms with van der Waals surface area (Å²) >= 11 is 0. The molecule has 152 valence electrons. The Labute approximate surface area is 163 Å². The van der Waals surface area contributed by atoms with Crippen LogP contribution in [0.3, 0.4) is 0 Å². The molecule has 0 aliphatic heterocycles. The number of anilines is 1. The van der Waals surface area contributed by atoms with Crippen molar-refractivity contribution in [3.05, 3.63) is 29.8 Å². The van der Waals surface area contributed by atoms with E-state index < -0.39 is 17.7 Å². The molecule has 1 rings (SSSR count). The fourth-order valence-electron chi connectivity index (χ4n) is 2.51. The van der Waals surface area contributed by atoms with Crippen LogP contribution in [0.2, 0.25) is 0 Å². The van der Waals surface area contributed by atoms with Crippen LogP contribution >= 0.6 is 0 Å². The largest absolute Gasteiger partial charge is 0.461 e. The lowest BCUT2D eigenvalue weighted by atomic mass is 10.1. The van der Waals surface area contributed by atoms with Crippen LogP contribution in [-0.2, 0) is 20.8 Å². The van der Waals surface area contributed by atoms with Crippen molar-refractivity contribution in [2.24, 2.45) is 0 Å². The van der Waals surface area contributed by atoms with Crippen molar-refractivity contribution in [1.29, 1.82) is 0 Å². The van der Waals surface area contributed by atoms with Crippen molar-refractivity contribution in [2.75, 3.05) is 12.3 Å². The number of esters is 1. The summed E-state index contributed by atoms with van der Waals surface area (Å²) in [5.74, 6) is -0.417. The molecule has 1 aromatic carbocycles. The van der Waals surface area contributed by atoms with Gasteiger partial charge in [-0.2, -0.15) is 0 Å². The Bertz CT molecular complexity index is 593. The quantitative estimate of drug-likeness (QED) is 0.505. The van der Waals surface area contributed by atoms with Crippen LogP contribution in [0.15, 0.2) is 24.3 Å². The van der Waals surface area contributed by atoms with Crippen LogP contribution in [-0.4, -0.2) is 35.2 Å². The molecular weight excluding hydrogens is 344 g/mol. The number of carbonyl (C=O) groups excluding carboxylic acids is 2. The van der Waals surface area contributed by atoms with Gasteiger partial charge in [0.15, 0.2) is 0 Å². The van der Waals surface area contributed by atoms with Crippen molar-refractivity contribution in [2.45, 2.75) is 78.6 Å². The van der Waals surface area contributed by atoms with E-state index in [0.717, 1.165) is 31.2 Å². The Morgan fingerprint density at radius 3 is 2.30 bits per heavy atom. The highest BCUT2D eigenvalue weighted by atomic mass is 16.6. The van der Waals surface area contributed by atoms with E-state index in [2.05, 4.69) is 6.92 Å². The number of nitrogen functional groups attached to an aromatic ring is 1. The first-order valence-corrected chi connectivity index (χ1v) is 9.66. The first-order valence-electron chi connectivity index (χ1n) is 9.66. The number of unbranched alkanes of at least 4 members (excludes halogenated alkanes) is 1. The van der Waals surface area contributed by atoms with Gasteiger partial charge in [-0.25, -0.2) is 4.79 Å². The Hall–Kier alpha value is -2.24. The number of ether oxygens (including phenoxy) is 2. The summed E-state index contributed by atoms with van der Waals surface area (Å²) in [4.78, 5) is 26.3. The summed E-state index contributed by atoms with van der Waals surface area (Å²) in [5, 5.41) is 0. The summed E-state index contributed by atoms with van der Waals surface area (Å²) in [6.45, 7) is 9.57. The first kappa shape index (κ1) is 22.8. The highest BCUT2D eigenvalue weighted by Crippen LogP contribution is 2.15. The van der Waals surface area contributed by atoms with Gasteiger partial charge in [-0.15, -0.1) is 0 Å². The number of rotatable bonds is 9. The third-order valence-electron chi connectivity index (χ3n) is 3.96. The number of nitrogens with zero attached hydrogens (tertiary/aromatic N) is 1. The van der Waals surface area contributed by atoms with E-state index in [1.165, 1.54) is 4.90 Å². The van der Waals surface area contributed by atoms with Gasteiger partial charge >= 0.3 is 12.1 Å². The molecule has 1 amide bonds. The first-order chi connectivity index (χ1) is 12.6. The average molecular weight is 379 g/mol. The molecule has 0 saturated carbocycles. The molecule has 0 fully saturated rings.